The number of imidazole rings is 1. The highest BCUT2D eigenvalue weighted by Crippen LogP contribution is 2.48. The molecule has 2 aliphatic rings. The number of morpholine rings is 1. The van der Waals surface area contributed by atoms with Crippen molar-refractivity contribution >= 4 is 57.0 Å². The second-order valence-electron chi connectivity index (χ2n) is 11.0. The Morgan fingerprint density at radius 2 is 1.76 bits per heavy atom. The molecule has 2 fully saturated rings. The standard InChI is InChI=1S/C34H29Cl2N5O5/c1-5-6-30(42)39-24-11-21(27(43-2)13-26(24)41-16-20-10-19(41)17-46-20)23-12-25-18(15-38-23)9-22(34-37-7-8-40(25)34)31-32(35)28(44-3)14-29(45-4)33(31)36/h7-9,11-15,19-20H,10,16-17H2,1-4H3,(H,39,42)/t19-,20-/m0/s1. The summed E-state index contributed by atoms with van der Waals surface area (Å²) in [6.07, 6.45) is 6.47. The van der Waals surface area contributed by atoms with Gasteiger partial charge >= 0.3 is 0 Å². The minimum absolute atomic E-state index is 0.169. The third-order valence-electron chi connectivity index (χ3n) is 8.49. The third kappa shape index (κ3) is 4.92. The van der Waals surface area contributed by atoms with Crippen LogP contribution in [-0.4, -0.2) is 66.9 Å². The van der Waals surface area contributed by atoms with Gasteiger partial charge in [-0.3, -0.25) is 14.2 Å². The van der Waals surface area contributed by atoms with Crippen LogP contribution in [0.25, 0.3) is 38.9 Å². The van der Waals surface area contributed by atoms with Crippen molar-refractivity contribution in [2.24, 2.45) is 0 Å². The predicted molar refractivity (Wildman–Crippen MR) is 179 cm³/mol. The molecule has 2 saturated heterocycles. The summed E-state index contributed by atoms with van der Waals surface area (Å²) in [5.41, 5.74) is 5.51. The average Bonchev–Trinajstić information content (AvgIpc) is 3.83. The quantitative estimate of drug-likeness (QED) is 0.198. The second-order valence-corrected chi connectivity index (χ2v) is 11.7. The van der Waals surface area contributed by atoms with Crippen LogP contribution in [0.2, 0.25) is 10.0 Å². The number of nitrogens with one attached hydrogen (secondary N) is 1. The molecule has 7 rings (SSSR count). The molecule has 0 radical (unpaired) electrons. The van der Waals surface area contributed by atoms with Crippen LogP contribution in [0, 0.1) is 11.8 Å². The minimum atomic E-state index is -0.397. The highest BCUT2D eigenvalue weighted by Gasteiger charge is 2.40. The first kappa shape index (κ1) is 30.0. The van der Waals surface area contributed by atoms with Crippen molar-refractivity contribution in [2.75, 3.05) is 44.7 Å². The predicted octanol–water partition coefficient (Wildman–Crippen LogP) is 6.49. The maximum Gasteiger partial charge on any atom is 0.300 e. The number of rotatable bonds is 7. The number of carbonyl (C=O) groups is 1. The molecular formula is C34H29Cl2N5O5. The Hall–Kier alpha value is -4.69. The lowest BCUT2D eigenvalue weighted by Gasteiger charge is -2.31. The van der Waals surface area contributed by atoms with Crippen LogP contribution >= 0.6 is 23.2 Å². The number of hydrogen-bond acceptors (Lipinski definition) is 8. The summed E-state index contributed by atoms with van der Waals surface area (Å²) in [7, 11) is 4.70. The highest BCUT2D eigenvalue weighted by molar-refractivity contribution is 6.41. The molecule has 3 aromatic heterocycles. The summed E-state index contributed by atoms with van der Waals surface area (Å²) >= 11 is 13.6. The molecule has 46 heavy (non-hydrogen) atoms. The molecule has 2 aliphatic heterocycles. The zero-order valence-electron chi connectivity index (χ0n) is 25.5. The van der Waals surface area contributed by atoms with Crippen LogP contribution in [0.15, 0.2) is 48.9 Å². The molecule has 2 atom stereocenters. The molecule has 1 amide bonds. The maximum atomic E-state index is 12.7. The van der Waals surface area contributed by atoms with Crippen LogP contribution in [0.5, 0.6) is 17.2 Å². The Balaban J connectivity index is 1.39. The molecule has 0 spiro atoms. The topological polar surface area (TPSA) is 99.5 Å². The summed E-state index contributed by atoms with van der Waals surface area (Å²) < 4.78 is 24.7. The first-order valence-corrected chi connectivity index (χ1v) is 15.3. The van der Waals surface area contributed by atoms with Gasteiger partial charge in [0.2, 0.25) is 0 Å². The first-order chi connectivity index (χ1) is 22.3. The summed E-state index contributed by atoms with van der Waals surface area (Å²) in [4.78, 5) is 24.5. The fraction of sp³-hybridized carbons (Fsp3) is 0.265. The fourth-order valence-corrected chi connectivity index (χ4v) is 7.09. The van der Waals surface area contributed by atoms with Gasteiger partial charge in [-0.25, -0.2) is 4.98 Å². The van der Waals surface area contributed by atoms with Crippen molar-refractivity contribution < 1.29 is 23.7 Å². The van der Waals surface area contributed by atoms with Crippen LogP contribution in [0.3, 0.4) is 0 Å². The largest absolute Gasteiger partial charge is 0.496 e. The highest BCUT2D eigenvalue weighted by atomic mass is 35.5. The van der Waals surface area contributed by atoms with Gasteiger partial charge in [-0.2, -0.15) is 0 Å². The molecule has 234 valence electrons. The van der Waals surface area contributed by atoms with Crippen LogP contribution in [0.4, 0.5) is 11.4 Å². The van der Waals surface area contributed by atoms with Crippen molar-refractivity contribution in [3.63, 3.8) is 0 Å². The van der Waals surface area contributed by atoms with Crippen molar-refractivity contribution in [1.29, 1.82) is 0 Å². The van der Waals surface area contributed by atoms with E-state index in [-0.39, 0.29) is 12.1 Å². The molecule has 5 heterocycles. The number of methoxy groups -OCH3 is 3. The first-order valence-electron chi connectivity index (χ1n) is 14.6. The molecule has 0 aliphatic carbocycles. The van der Waals surface area contributed by atoms with Crippen molar-refractivity contribution in [3.05, 3.63) is 59.0 Å². The Kier molecular flexibility index (Phi) is 7.77. The molecule has 0 saturated carbocycles. The minimum Gasteiger partial charge on any atom is -0.496 e. The normalized spacial score (nSPS) is 16.9. The van der Waals surface area contributed by atoms with E-state index in [1.54, 1.807) is 32.5 Å². The number of ether oxygens (including phenoxy) is 4. The zero-order chi connectivity index (χ0) is 32.1. The van der Waals surface area contributed by atoms with Gasteiger partial charge in [-0.05, 0) is 37.5 Å². The number of carbonyl (C=O) groups excluding carboxylic acids is 1. The van der Waals surface area contributed by atoms with Gasteiger partial charge in [0.05, 0.1) is 72.7 Å². The number of benzene rings is 2. The number of nitrogens with zero attached hydrogens (tertiary/aromatic N) is 4. The van der Waals surface area contributed by atoms with E-state index in [2.05, 4.69) is 27.0 Å². The third-order valence-corrected chi connectivity index (χ3v) is 9.24. The van der Waals surface area contributed by atoms with Crippen LogP contribution < -0.4 is 24.4 Å². The second kappa shape index (κ2) is 11.9. The number of pyridine rings is 2. The number of anilines is 2. The van der Waals surface area contributed by atoms with Crippen molar-refractivity contribution in [3.8, 4) is 51.5 Å². The van der Waals surface area contributed by atoms with Crippen LogP contribution in [-0.2, 0) is 9.53 Å². The van der Waals surface area contributed by atoms with E-state index in [1.165, 1.54) is 14.2 Å². The Labute approximate surface area is 275 Å². The average molecular weight is 659 g/mol. The summed E-state index contributed by atoms with van der Waals surface area (Å²) in [5.74, 6) is 6.32. The molecule has 0 unspecified atom stereocenters. The van der Waals surface area contributed by atoms with Gasteiger partial charge < -0.3 is 29.2 Å². The smallest absolute Gasteiger partial charge is 0.300 e. The summed E-state index contributed by atoms with van der Waals surface area (Å²) in [6.45, 7) is 3.01. The van der Waals surface area contributed by atoms with Gasteiger partial charge in [-0.1, -0.05) is 29.1 Å². The van der Waals surface area contributed by atoms with Crippen LogP contribution in [0.1, 0.15) is 13.3 Å². The summed E-state index contributed by atoms with van der Waals surface area (Å²) in [6, 6.07) is 9.63. The van der Waals surface area contributed by atoms with Gasteiger partial charge in [0.25, 0.3) is 5.91 Å². The Bertz CT molecular complexity index is 2080. The van der Waals surface area contributed by atoms with E-state index in [0.717, 1.165) is 29.6 Å². The van der Waals surface area contributed by atoms with E-state index < -0.39 is 5.91 Å². The van der Waals surface area contributed by atoms with Crippen molar-refractivity contribution in [2.45, 2.75) is 25.5 Å². The van der Waals surface area contributed by atoms with E-state index in [0.29, 0.717) is 67.6 Å². The molecule has 12 heteroatoms. The Morgan fingerprint density at radius 1 is 1.00 bits per heavy atom. The molecule has 5 aromatic rings. The van der Waals surface area contributed by atoms with E-state index in [1.807, 2.05) is 34.9 Å². The maximum absolute atomic E-state index is 12.7. The number of fused-ring (bicyclic) bond motifs is 5. The SMILES string of the molecule is CC#CC(=O)Nc1cc(-c2cc3c(cn2)cc(-c2c(Cl)c(OC)cc(OC)c2Cl)c2nccn23)c(OC)cc1N1C[C@@H]2C[C@H]1CO2. The monoisotopic (exact) mass is 657 g/mol. The number of amides is 1. The van der Waals surface area contributed by atoms with Gasteiger partial charge in [0.1, 0.15) is 22.9 Å². The molecule has 2 aromatic carbocycles. The van der Waals surface area contributed by atoms with Crippen molar-refractivity contribution in [1.82, 2.24) is 14.4 Å². The lowest BCUT2D eigenvalue weighted by Crippen LogP contribution is -2.37. The summed E-state index contributed by atoms with van der Waals surface area (Å²) in [5, 5.41) is 4.48. The van der Waals surface area contributed by atoms with E-state index in [4.69, 9.17) is 47.1 Å². The van der Waals surface area contributed by atoms with E-state index in [9.17, 15) is 4.79 Å². The number of halogens is 2. The molecule has 10 nitrogen and oxygen atoms in total. The molecule has 2 bridgehead atoms. The lowest BCUT2D eigenvalue weighted by atomic mass is 10.0. The molecule has 1 N–H and O–H groups in total. The fourth-order valence-electron chi connectivity index (χ4n) is 6.38. The lowest BCUT2D eigenvalue weighted by molar-refractivity contribution is -0.111. The van der Waals surface area contributed by atoms with Gasteiger partial charge in [-0.15, -0.1) is 0 Å². The van der Waals surface area contributed by atoms with Gasteiger partial charge in [0, 0.05) is 59.3 Å². The Morgan fingerprint density at radius 3 is 2.41 bits per heavy atom. The molecular weight excluding hydrogens is 629 g/mol. The number of aromatic nitrogens is 3. The van der Waals surface area contributed by atoms with E-state index >= 15 is 0 Å². The van der Waals surface area contributed by atoms with Gasteiger partial charge in [0.15, 0.2) is 0 Å². The zero-order valence-corrected chi connectivity index (χ0v) is 27.0. The number of hydrogen-bond donors (Lipinski definition) is 1.